The fourth-order valence-corrected chi connectivity index (χ4v) is 2.61. The van der Waals surface area contributed by atoms with Crippen LogP contribution in [0.2, 0.25) is 0 Å². The maximum atomic E-state index is 6.19. The number of nitrogens with two attached hydrogens (primary N) is 1. The molecule has 0 amide bonds. The molecule has 2 aromatic rings. The van der Waals surface area contributed by atoms with Gasteiger partial charge >= 0.3 is 0 Å². The lowest BCUT2D eigenvalue weighted by atomic mass is 10.1. The van der Waals surface area contributed by atoms with Gasteiger partial charge in [0.05, 0.1) is 11.4 Å². The average molecular weight is 275 g/mol. The van der Waals surface area contributed by atoms with Gasteiger partial charge in [-0.05, 0) is 37.0 Å². The van der Waals surface area contributed by atoms with E-state index >= 15 is 0 Å². The minimum atomic E-state index is 0.823. The van der Waals surface area contributed by atoms with Crippen LogP contribution in [0, 0.1) is 0 Å². The highest BCUT2D eigenvalue weighted by molar-refractivity contribution is 7.98. The fraction of sp³-hybridized carbons (Fsp3) is 0.400. The quantitative estimate of drug-likeness (QED) is 0.596. The predicted molar refractivity (Wildman–Crippen MR) is 86.9 cm³/mol. The molecule has 1 aromatic carbocycles. The SMILES string of the molecule is CSCCCCCNc1ccc2cnccc2c1N. The maximum Gasteiger partial charge on any atom is 0.0630 e. The third-order valence-corrected chi connectivity index (χ3v) is 3.90. The molecule has 4 heteroatoms. The van der Waals surface area contributed by atoms with Crippen molar-refractivity contribution in [1.29, 1.82) is 0 Å². The lowest BCUT2D eigenvalue weighted by Crippen LogP contribution is -2.04. The highest BCUT2D eigenvalue weighted by Crippen LogP contribution is 2.27. The molecular weight excluding hydrogens is 254 g/mol. The monoisotopic (exact) mass is 275 g/mol. The molecule has 0 unspecified atom stereocenters. The van der Waals surface area contributed by atoms with Crippen LogP contribution in [0.5, 0.6) is 0 Å². The van der Waals surface area contributed by atoms with Gasteiger partial charge in [-0.15, -0.1) is 0 Å². The van der Waals surface area contributed by atoms with Crippen molar-refractivity contribution < 1.29 is 0 Å². The Kier molecular flexibility index (Phi) is 5.33. The first-order chi connectivity index (χ1) is 9.33. The van der Waals surface area contributed by atoms with Gasteiger partial charge in [-0.2, -0.15) is 11.8 Å². The number of pyridine rings is 1. The Labute approximate surface area is 119 Å². The van der Waals surface area contributed by atoms with E-state index in [4.69, 9.17) is 5.73 Å². The minimum absolute atomic E-state index is 0.823. The average Bonchev–Trinajstić information content (AvgIpc) is 2.45. The third-order valence-electron chi connectivity index (χ3n) is 3.20. The Morgan fingerprint density at radius 3 is 2.95 bits per heavy atom. The number of aromatic nitrogens is 1. The van der Waals surface area contributed by atoms with Crippen molar-refractivity contribution in [2.45, 2.75) is 19.3 Å². The highest BCUT2D eigenvalue weighted by atomic mass is 32.2. The summed E-state index contributed by atoms with van der Waals surface area (Å²) in [6.07, 6.45) is 9.53. The molecule has 0 saturated heterocycles. The van der Waals surface area contributed by atoms with Gasteiger partial charge < -0.3 is 11.1 Å². The summed E-state index contributed by atoms with van der Waals surface area (Å²) < 4.78 is 0. The van der Waals surface area contributed by atoms with Crippen LogP contribution in [0.3, 0.4) is 0 Å². The largest absolute Gasteiger partial charge is 0.397 e. The third kappa shape index (κ3) is 3.77. The number of fused-ring (bicyclic) bond motifs is 1. The first kappa shape index (κ1) is 14.0. The van der Waals surface area contributed by atoms with E-state index in [9.17, 15) is 0 Å². The van der Waals surface area contributed by atoms with Gasteiger partial charge in [-0.25, -0.2) is 0 Å². The van der Waals surface area contributed by atoms with Gasteiger partial charge in [0.25, 0.3) is 0 Å². The Hall–Kier alpha value is -1.42. The normalized spacial score (nSPS) is 10.8. The topological polar surface area (TPSA) is 50.9 Å². The molecule has 0 fully saturated rings. The number of hydrogen-bond donors (Lipinski definition) is 2. The zero-order valence-electron chi connectivity index (χ0n) is 11.4. The number of benzene rings is 1. The molecule has 102 valence electrons. The summed E-state index contributed by atoms with van der Waals surface area (Å²) in [6, 6.07) is 6.07. The standard InChI is InChI=1S/C15H21N3S/c1-19-10-4-2-3-8-18-14-6-5-12-11-17-9-7-13(12)15(14)16/h5-7,9,11,18H,2-4,8,10,16H2,1H3. The van der Waals surface area contributed by atoms with Crippen LogP contribution in [0.15, 0.2) is 30.6 Å². The first-order valence-corrected chi connectivity index (χ1v) is 8.07. The molecule has 1 heterocycles. The lowest BCUT2D eigenvalue weighted by molar-refractivity contribution is 0.750. The molecule has 0 saturated carbocycles. The second-order valence-corrected chi connectivity index (χ2v) is 5.59. The Bertz CT molecular complexity index is 528. The lowest BCUT2D eigenvalue weighted by Gasteiger charge is -2.11. The van der Waals surface area contributed by atoms with E-state index in [0.717, 1.165) is 28.7 Å². The van der Waals surface area contributed by atoms with Crippen LogP contribution in [-0.4, -0.2) is 23.5 Å². The highest BCUT2D eigenvalue weighted by Gasteiger charge is 2.03. The molecule has 0 aliphatic rings. The van der Waals surface area contributed by atoms with Gasteiger partial charge in [0.2, 0.25) is 0 Å². The number of unbranched alkanes of at least 4 members (excludes halogenated alkanes) is 2. The number of nitrogens with one attached hydrogen (secondary N) is 1. The summed E-state index contributed by atoms with van der Waals surface area (Å²) in [6.45, 7) is 0.981. The number of hydrogen-bond acceptors (Lipinski definition) is 4. The van der Waals surface area contributed by atoms with Gasteiger partial charge in [-0.3, -0.25) is 4.98 Å². The van der Waals surface area contributed by atoms with Crippen LogP contribution in [0.25, 0.3) is 10.8 Å². The van der Waals surface area contributed by atoms with Crippen LogP contribution in [0.1, 0.15) is 19.3 Å². The van der Waals surface area contributed by atoms with Crippen LogP contribution in [-0.2, 0) is 0 Å². The molecule has 3 N–H and O–H groups in total. The second kappa shape index (κ2) is 7.24. The molecule has 0 radical (unpaired) electrons. The Morgan fingerprint density at radius 2 is 2.11 bits per heavy atom. The van der Waals surface area contributed by atoms with E-state index in [1.165, 1.54) is 25.0 Å². The summed E-state index contributed by atoms with van der Waals surface area (Å²) in [5, 5.41) is 5.59. The molecule has 2 rings (SSSR count). The molecule has 0 spiro atoms. The molecule has 19 heavy (non-hydrogen) atoms. The Morgan fingerprint density at radius 1 is 1.21 bits per heavy atom. The fourth-order valence-electron chi connectivity index (χ4n) is 2.12. The summed E-state index contributed by atoms with van der Waals surface area (Å²) >= 11 is 1.91. The molecule has 0 aliphatic heterocycles. The summed E-state index contributed by atoms with van der Waals surface area (Å²) in [5.74, 6) is 1.26. The van der Waals surface area contributed by atoms with E-state index in [0.29, 0.717) is 0 Å². The van der Waals surface area contributed by atoms with Crippen molar-refractivity contribution in [2.75, 3.05) is 29.6 Å². The van der Waals surface area contributed by atoms with Gasteiger partial charge in [0.1, 0.15) is 0 Å². The summed E-state index contributed by atoms with van der Waals surface area (Å²) in [7, 11) is 0. The zero-order chi connectivity index (χ0) is 13.5. The van der Waals surface area contributed by atoms with Crippen LogP contribution in [0.4, 0.5) is 11.4 Å². The first-order valence-electron chi connectivity index (χ1n) is 6.68. The van der Waals surface area contributed by atoms with Crippen LogP contribution < -0.4 is 11.1 Å². The van der Waals surface area contributed by atoms with E-state index in [1.807, 2.05) is 30.1 Å². The smallest absolute Gasteiger partial charge is 0.0630 e. The minimum Gasteiger partial charge on any atom is -0.397 e. The van der Waals surface area contributed by atoms with E-state index < -0.39 is 0 Å². The van der Waals surface area contributed by atoms with E-state index in [1.54, 1.807) is 6.20 Å². The summed E-state index contributed by atoms with van der Waals surface area (Å²) in [5.41, 5.74) is 8.04. The van der Waals surface area contributed by atoms with Crippen molar-refractivity contribution in [1.82, 2.24) is 4.98 Å². The van der Waals surface area contributed by atoms with Crippen molar-refractivity contribution in [2.24, 2.45) is 0 Å². The van der Waals surface area contributed by atoms with Crippen LogP contribution >= 0.6 is 11.8 Å². The predicted octanol–water partition coefficient (Wildman–Crippen LogP) is 3.76. The zero-order valence-corrected chi connectivity index (χ0v) is 12.2. The Balaban J connectivity index is 1.92. The number of thioether (sulfide) groups is 1. The molecule has 0 bridgehead atoms. The number of anilines is 2. The van der Waals surface area contributed by atoms with E-state index in [-0.39, 0.29) is 0 Å². The molecule has 0 atom stereocenters. The van der Waals surface area contributed by atoms with Crippen molar-refractivity contribution in [3.8, 4) is 0 Å². The second-order valence-electron chi connectivity index (χ2n) is 4.60. The number of rotatable bonds is 7. The molecule has 3 nitrogen and oxygen atoms in total. The summed E-state index contributed by atoms with van der Waals surface area (Å²) in [4.78, 5) is 4.11. The van der Waals surface area contributed by atoms with Crippen molar-refractivity contribution >= 4 is 33.9 Å². The van der Waals surface area contributed by atoms with Gasteiger partial charge in [0, 0.05) is 29.7 Å². The van der Waals surface area contributed by atoms with Crippen molar-refractivity contribution in [3.63, 3.8) is 0 Å². The van der Waals surface area contributed by atoms with Gasteiger partial charge in [0.15, 0.2) is 0 Å². The maximum absolute atomic E-state index is 6.19. The number of nitrogen functional groups attached to an aromatic ring is 1. The molecule has 1 aromatic heterocycles. The van der Waals surface area contributed by atoms with E-state index in [2.05, 4.69) is 22.6 Å². The number of nitrogens with zero attached hydrogens (tertiary/aromatic N) is 1. The van der Waals surface area contributed by atoms with Crippen molar-refractivity contribution in [3.05, 3.63) is 30.6 Å². The molecular formula is C15H21N3S. The molecule has 0 aliphatic carbocycles. The van der Waals surface area contributed by atoms with Gasteiger partial charge in [-0.1, -0.05) is 12.5 Å².